The Balaban J connectivity index is 2.51. The van der Waals surface area contributed by atoms with E-state index in [1.54, 1.807) is 0 Å². The average molecular weight is 1390 g/mol. The van der Waals surface area contributed by atoms with Crippen LogP contribution in [0.1, 0.15) is 278 Å². The Labute approximate surface area is 586 Å². The Morgan fingerprint density at radius 2 is 0.663 bits per heavy atom. The third-order valence-electron chi connectivity index (χ3n) is 17.2. The van der Waals surface area contributed by atoms with Crippen LogP contribution < -0.4 is 0 Å². The molecule has 18 nitrogen and oxygen atoms in total. The van der Waals surface area contributed by atoms with Gasteiger partial charge in [-0.2, -0.15) is 0 Å². The number of aliphatic hydroxyl groups is 4. The molecule has 4 unspecified atom stereocenters. The number of esters is 5. The van der Waals surface area contributed by atoms with E-state index in [0.717, 1.165) is 109 Å². The van der Waals surface area contributed by atoms with Crippen molar-refractivity contribution in [1.82, 2.24) is 19.6 Å². The molecule has 1 fully saturated rings. The zero-order chi connectivity index (χ0) is 69.3. The van der Waals surface area contributed by atoms with Crippen LogP contribution in [0.15, 0.2) is 24.3 Å². The van der Waals surface area contributed by atoms with Gasteiger partial charge in [0.2, 0.25) is 0 Å². The fourth-order valence-corrected chi connectivity index (χ4v) is 13.4. The lowest BCUT2D eigenvalue weighted by Crippen LogP contribution is -2.47. The highest BCUT2D eigenvalue weighted by molar-refractivity contribution is 8.76. The summed E-state index contributed by atoms with van der Waals surface area (Å²) in [5.74, 6) is 0.888. The van der Waals surface area contributed by atoms with Crippen LogP contribution in [-0.2, 0) is 47.7 Å². The van der Waals surface area contributed by atoms with E-state index in [4.69, 9.17) is 23.7 Å². The molecular weight excluding hydrogens is 1240 g/mol. The fraction of sp³-hybridized carbons (Fsp3) is 0.880. The quantitative estimate of drug-likeness (QED) is 0.0146. The number of hydrogen-bond donors (Lipinski definition) is 4. The molecule has 0 aromatic heterocycles. The van der Waals surface area contributed by atoms with Gasteiger partial charge < -0.3 is 44.1 Å². The van der Waals surface area contributed by atoms with Gasteiger partial charge >= 0.3 is 29.8 Å². The van der Waals surface area contributed by atoms with Crippen molar-refractivity contribution in [2.75, 3.05) is 123 Å². The van der Waals surface area contributed by atoms with Crippen LogP contribution in [0.2, 0.25) is 0 Å². The normalized spacial score (nSPS) is 14.5. The van der Waals surface area contributed by atoms with Crippen molar-refractivity contribution in [3.63, 3.8) is 0 Å². The fourth-order valence-electron chi connectivity index (χ4n) is 11.3. The number of nitrogens with zero attached hydrogens (tertiary/aromatic N) is 4. The molecule has 4 N–H and O–H groups in total. The number of rotatable bonds is 69. The van der Waals surface area contributed by atoms with Crippen molar-refractivity contribution in [2.24, 2.45) is 0 Å². The second kappa shape index (κ2) is 67.1. The number of hydrogen-bond acceptors (Lipinski definition) is 20. The van der Waals surface area contributed by atoms with Gasteiger partial charge in [0.15, 0.2) is 0 Å². The first-order valence-electron chi connectivity index (χ1n) is 38.2. The summed E-state index contributed by atoms with van der Waals surface area (Å²) >= 11 is 0. The van der Waals surface area contributed by atoms with Gasteiger partial charge in [-0.1, -0.05) is 176 Å². The molecule has 0 saturated carbocycles. The Kier molecular flexibility index (Phi) is 63.7. The van der Waals surface area contributed by atoms with E-state index >= 15 is 0 Å². The largest absolute Gasteiger partial charge is 0.466 e. The van der Waals surface area contributed by atoms with Crippen LogP contribution in [0.4, 0.5) is 0 Å². The van der Waals surface area contributed by atoms with Gasteiger partial charge in [-0.3, -0.25) is 43.6 Å². The summed E-state index contributed by atoms with van der Waals surface area (Å²) < 4.78 is 27.1. The summed E-state index contributed by atoms with van der Waals surface area (Å²) in [6.07, 6.45) is 39.3. The van der Waals surface area contributed by atoms with Crippen molar-refractivity contribution in [3.8, 4) is 0 Å². The first-order chi connectivity index (χ1) is 46.3. The molecule has 1 aliphatic heterocycles. The molecule has 0 aliphatic carbocycles. The summed E-state index contributed by atoms with van der Waals surface area (Å²) in [5.41, 5.74) is 0. The zero-order valence-electron chi connectivity index (χ0n) is 60.6. The summed E-state index contributed by atoms with van der Waals surface area (Å²) in [7, 11) is 3.74. The van der Waals surface area contributed by atoms with Crippen molar-refractivity contribution in [2.45, 2.75) is 303 Å². The average Bonchev–Trinajstić information content (AvgIpc) is 1.88. The molecule has 4 atom stereocenters. The summed E-state index contributed by atoms with van der Waals surface area (Å²) in [5, 5.41) is 44.2. The lowest BCUT2D eigenvalue weighted by atomic mass is 10.1. The van der Waals surface area contributed by atoms with Crippen molar-refractivity contribution >= 4 is 51.4 Å². The zero-order valence-corrected chi connectivity index (χ0v) is 62.2. The molecule has 1 heterocycles. The summed E-state index contributed by atoms with van der Waals surface area (Å²) in [6.45, 7) is 18.8. The van der Waals surface area contributed by atoms with Crippen LogP contribution in [0.3, 0.4) is 0 Å². The standard InChI is InChI=1S/C75H140N4O14S2/c1-5-9-13-15-17-19-21-23-25-35-58-91-73(86)45-33-29-41-69(82)65-79(66-70(83)42-30-34-46-74(87)92-59-36-26-24-22-20-18-16-14-10-6-2)49-38-61-94-95-62-55-77-52-50-76(51-53-77)54-60-93-75(88)47-37-48-78(63-67(80)39-27-31-43-71(84)89-56-11-7-3)64-68(81)40-28-32-44-72(85)90-57-12-8-4/h23-26,67-70,80-83H,5-22,27-66H2,1-4H3/b25-23-,26-24-. The van der Waals surface area contributed by atoms with E-state index < -0.39 is 24.4 Å². The predicted octanol–water partition coefficient (Wildman–Crippen LogP) is 14.2. The second-order valence-electron chi connectivity index (χ2n) is 26.3. The monoisotopic (exact) mass is 1380 g/mol. The minimum atomic E-state index is -0.650. The number of unbranched alkanes of at least 4 members (excludes halogenated alkanes) is 18. The molecule has 0 spiro atoms. The lowest BCUT2D eigenvalue weighted by molar-refractivity contribution is -0.145. The molecule has 95 heavy (non-hydrogen) atoms. The van der Waals surface area contributed by atoms with E-state index in [9.17, 15) is 44.4 Å². The highest BCUT2D eigenvalue weighted by Crippen LogP contribution is 2.23. The van der Waals surface area contributed by atoms with Gasteiger partial charge in [-0.15, -0.1) is 0 Å². The molecule has 0 aromatic rings. The Morgan fingerprint density at radius 1 is 0.347 bits per heavy atom. The molecule has 1 aliphatic rings. The molecule has 556 valence electrons. The third kappa shape index (κ3) is 60.9. The maximum atomic E-state index is 12.9. The van der Waals surface area contributed by atoms with Gasteiger partial charge in [0.05, 0.1) is 50.8 Å². The topological polar surface area (TPSA) is 225 Å². The highest BCUT2D eigenvalue weighted by Gasteiger charge is 2.21. The number of aliphatic hydroxyl groups excluding tert-OH is 4. The van der Waals surface area contributed by atoms with E-state index in [1.807, 2.05) is 40.3 Å². The Hall–Kier alpha value is -2.79. The first-order valence-corrected chi connectivity index (χ1v) is 40.7. The number of carbonyl (C=O) groups excluding carboxylic acids is 5. The molecule has 0 aromatic carbocycles. The second-order valence-corrected chi connectivity index (χ2v) is 29.0. The molecule has 0 amide bonds. The van der Waals surface area contributed by atoms with Gasteiger partial charge in [0.1, 0.15) is 6.61 Å². The maximum Gasteiger partial charge on any atom is 0.305 e. The van der Waals surface area contributed by atoms with E-state index in [0.29, 0.717) is 181 Å². The van der Waals surface area contributed by atoms with Crippen molar-refractivity contribution in [1.29, 1.82) is 0 Å². The van der Waals surface area contributed by atoms with E-state index in [1.165, 1.54) is 77.0 Å². The minimum absolute atomic E-state index is 0.190. The minimum Gasteiger partial charge on any atom is -0.466 e. The maximum absolute atomic E-state index is 12.9. The Bertz CT molecular complexity index is 1770. The van der Waals surface area contributed by atoms with Crippen LogP contribution in [0.25, 0.3) is 0 Å². The number of ether oxygens (including phenoxy) is 5. The third-order valence-corrected chi connectivity index (χ3v) is 19.7. The molecule has 1 saturated heterocycles. The molecule has 20 heteroatoms. The smallest absolute Gasteiger partial charge is 0.305 e. The van der Waals surface area contributed by atoms with E-state index in [2.05, 4.69) is 52.9 Å². The van der Waals surface area contributed by atoms with Gasteiger partial charge in [0.25, 0.3) is 0 Å². The molecule has 1 rings (SSSR count). The van der Waals surface area contributed by atoms with Crippen LogP contribution in [0.5, 0.6) is 0 Å². The van der Waals surface area contributed by atoms with Crippen LogP contribution in [0, 0.1) is 0 Å². The number of carbonyl (C=O) groups is 5. The molecule has 0 radical (unpaired) electrons. The summed E-state index contributed by atoms with van der Waals surface area (Å²) in [6, 6.07) is 0. The number of piperazine rings is 1. The predicted molar refractivity (Wildman–Crippen MR) is 391 cm³/mol. The molecule has 0 bridgehead atoms. The van der Waals surface area contributed by atoms with Gasteiger partial charge in [0, 0.05) is 109 Å². The van der Waals surface area contributed by atoms with Crippen LogP contribution in [-0.4, -0.2) is 217 Å². The van der Waals surface area contributed by atoms with Gasteiger partial charge in [-0.05, 0) is 129 Å². The highest BCUT2D eigenvalue weighted by atomic mass is 33.1. The van der Waals surface area contributed by atoms with Gasteiger partial charge in [-0.25, -0.2) is 0 Å². The SMILES string of the molecule is CCCCCCCC/C=C\CCOC(=O)CCCCC(O)CN(CCCSSCCN1CCN(CCOC(=O)CCCN(CC(O)CCCCC(=O)OCCCC)CC(O)CCCCC(=O)OCCCC)CC1)CC(O)CCCCC(=O)OCC/C=C\CCCCCCCC. The lowest BCUT2D eigenvalue weighted by Gasteiger charge is -2.34. The van der Waals surface area contributed by atoms with Crippen molar-refractivity contribution < 1.29 is 68.1 Å². The number of allylic oxidation sites excluding steroid dienone is 2. The molecular formula is C75H140N4O14S2. The van der Waals surface area contributed by atoms with Crippen LogP contribution >= 0.6 is 21.6 Å². The van der Waals surface area contributed by atoms with E-state index in [-0.39, 0.29) is 36.3 Å². The summed E-state index contributed by atoms with van der Waals surface area (Å²) in [4.78, 5) is 70.8. The van der Waals surface area contributed by atoms with Crippen molar-refractivity contribution in [3.05, 3.63) is 24.3 Å². The first kappa shape index (κ1) is 90.2. The Morgan fingerprint density at radius 3 is 1.06 bits per heavy atom.